The predicted octanol–water partition coefficient (Wildman–Crippen LogP) is 1.44. The van der Waals surface area contributed by atoms with Crippen LogP contribution in [-0.4, -0.2) is 31.2 Å². The maximum Gasteiger partial charge on any atom is 0.224 e. The predicted molar refractivity (Wildman–Crippen MR) is 68.6 cm³/mol. The molecule has 1 rings (SSSR count). The van der Waals surface area contributed by atoms with Gasteiger partial charge in [-0.1, -0.05) is 12.8 Å². The Morgan fingerprint density at radius 3 is 2.76 bits per heavy atom. The second kappa shape index (κ2) is 7.67. The Bertz CT molecular complexity index is 231. The van der Waals surface area contributed by atoms with Crippen molar-refractivity contribution in [1.82, 2.24) is 5.32 Å². The Morgan fingerprint density at radius 1 is 1.41 bits per heavy atom. The highest BCUT2D eigenvalue weighted by molar-refractivity contribution is 5.79. The molecule has 1 amide bonds. The fourth-order valence-corrected chi connectivity index (χ4v) is 2.22. The van der Waals surface area contributed by atoms with Crippen molar-refractivity contribution in [3.8, 4) is 0 Å². The van der Waals surface area contributed by atoms with Crippen molar-refractivity contribution in [3.05, 3.63) is 0 Å². The lowest BCUT2D eigenvalue weighted by atomic mass is 9.84. The molecule has 17 heavy (non-hydrogen) atoms. The van der Waals surface area contributed by atoms with Gasteiger partial charge in [-0.2, -0.15) is 0 Å². The molecule has 4 nitrogen and oxygen atoms in total. The summed E-state index contributed by atoms with van der Waals surface area (Å²) in [4.78, 5) is 11.9. The molecule has 0 aromatic rings. The monoisotopic (exact) mass is 242 g/mol. The van der Waals surface area contributed by atoms with Gasteiger partial charge in [0.15, 0.2) is 0 Å². The Balaban J connectivity index is 2.11. The van der Waals surface area contributed by atoms with Crippen LogP contribution >= 0.6 is 0 Å². The fraction of sp³-hybridized carbons (Fsp3) is 0.923. The average molecular weight is 242 g/mol. The molecule has 0 aromatic heterocycles. The highest BCUT2D eigenvalue weighted by Crippen LogP contribution is 2.22. The lowest BCUT2D eigenvalue weighted by molar-refractivity contribution is -0.126. The average Bonchev–Trinajstić information content (AvgIpc) is 2.28. The second-order valence-corrected chi connectivity index (χ2v) is 5.12. The van der Waals surface area contributed by atoms with E-state index in [1.807, 2.05) is 13.8 Å². The van der Waals surface area contributed by atoms with Crippen LogP contribution in [0.15, 0.2) is 0 Å². The summed E-state index contributed by atoms with van der Waals surface area (Å²) < 4.78 is 5.41. The number of carbonyl (C=O) groups is 1. The minimum Gasteiger partial charge on any atom is -0.379 e. The highest BCUT2D eigenvalue weighted by Gasteiger charge is 2.27. The van der Waals surface area contributed by atoms with Crippen LogP contribution in [0.2, 0.25) is 0 Å². The lowest BCUT2D eigenvalue weighted by Gasteiger charge is -2.27. The normalized spacial score (nSPS) is 24.9. The second-order valence-electron chi connectivity index (χ2n) is 5.12. The first-order valence-electron chi connectivity index (χ1n) is 6.76. The molecule has 0 heterocycles. The van der Waals surface area contributed by atoms with E-state index >= 15 is 0 Å². The van der Waals surface area contributed by atoms with Gasteiger partial charge in [0.2, 0.25) is 5.91 Å². The summed E-state index contributed by atoms with van der Waals surface area (Å²) in [6.07, 6.45) is 5.34. The van der Waals surface area contributed by atoms with E-state index in [9.17, 15) is 4.79 Å². The zero-order valence-corrected chi connectivity index (χ0v) is 11.1. The summed E-state index contributed by atoms with van der Waals surface area (Å²) in [6.45, 7) is 5.42. The van der Waals surface area contributed by atoms with Gasteiger partial charge in [0.05, 0.1) is 12.0 Å². The van der Waals surface area contributed by atoms with Gasteiger partial charge in [-0.3, -0.25) is 4.79 Å². The van der Waals surface area contributed by atoms with Crippen molar-refractivity contribution in [3.63, 3.8) is 0 Å². The third kappa shape index (κ3) is 5.50. The number of carbonyl (C=O) groups excluding carboxylic acids is 1. The minimum atomic E-state index is 0.0229. The number of amides is 1. The molecule has 3 N–H and O–H groups in total. The fourth-order valence-electron chi connectivity index (χ4n) is 2.22. The molecular weight excluding hydrogens is 216 g/mol. The van der Waals surface area contributed by atoms with Crippen molar-refractivity contribution < 1.29 is 9.53 Å². The first-order valence-corrected chi connectivity index (χ1v) is 6.76. The smallest absolute Gasteiger partial charge is 0.224 e. The van der Waals surface area contributed by atoms with E-state index in [-0.39, 0.29) is 24.0 Å². The van der Waals surface area contributed by atoms with Crippen LogP contribution in [0.3, 0.4) is 0 Å². The molecule has 0 spiro atoms. The van der Waals surface area contributed by atoms with Gasteiger partial charge in [0.1, 0.15) is 0 Å². The zero-order chi connectivity index (χ0) is 12.7. The summed E-state index contributed by atoms with van der Waals surface area (Å²) >= 11 is 0. The molecule has 0 aliphatic heterocycles. The van der Waals surface area contributed by atoms with E-state index in [0.717, 1.165) is 32.1 Å². The molecule has 0 radical (unpaired) electrons. The van der Waals surface area contributed by atoms with Crippen LogP contribution in [0.1, 0.15) is 46.0 Å². The Morgan fingerprint density at radius 2 is 2.12 bits per heavy atom. The van der Waals surface area contributed by atoms with E-state index in [4.69, 9.17) is 10.5 Å². The van der Waals surface area contributed by atoms with E-state index < -0.39 is 0 Å². The summed E-state index contributed by atoms with van der Waals surface area (Å²) in [5.74, 6) is 0.150. The standard InChI is InChI=1S/C13H26N2O2/c1-10(2)17-9-5-8-15-13(16)11-6-3-4-7-12(11)14/h10-12H,3-9,14H2,1-2H3,(H,15,16). The molecule has 0 aromatic carbocycles. The van der Waals surface area contributed by atoms with Crippen molar-refractivity contribution in [2.75, 3.05) is 13.2 Å². The number of hydrogen-bond donors (Lipinski definition) is 2. The SMILES string of the molecule is CC(C)OCCCNC(=O)C1CCCCC1N. The van der Waals surface area contributed by atoms with Gasteiger partial charge < -0.3 is 15.8 Å². The summed E-state index contributed by atoms with van der Waals surface area (Å²) in [7, 11) is 0. The first kappa shape index (κ1) is 14.5. The van der Waals surface area contributed by atoms with E-state index in [0.29, 0.717) is 13.2 Å². The van der Waals surface area contributed by atoms with Gasteiger partial charge in [0, 0.05) is 19.2 Å². The topological polar surface area (TPSA) is 64.3 Å². The highest BCUT2D eigenvalue weighted by atomic mass is 16.5. The van der Waals surface area contributed by atoms with Crippen molar-refractivity contribution in [2.45, 2.75) is 58.1 Å². The molecule has 4 heteroatoms. The summed E-state index contributed by atoms with van der Waals surface area (Å²) in [5, 5.41) is 2.96. The maximum absolute atomic E-state index is 11.9. The van der Waals surface area contributed by atoms with E-state index in [1.165, 1.54) is 0 Å². The van der Waals surface area contributed by atoms with Crippen LogP contribution in [0.4, 0.5) is 0 Å². The molecule has 0 saturated heterocycles. The van der Waals surface area contributed by atoms with E-state index in [2.05, 4.69) is 5.32 Å². The van der Waals surface area contributed by atoms with Crippen molar-refractivity contribution >= 4 is 5.91 Å². The Labute approximate surface area is 104 Å². The van der Waals surface area contributed by atoms with Gasteiger partial charge in [-0.15, -0.1) is 0 Å². The zero-order valence-electron chi connectivity index (χ0n) is 11.1. The molecule has 2 atom stereocenters. The molecule has 1 saturated carbocycles. The van der Waals surface area contributed by atoms with Gasteiger partial charge in [0.25, 0.3) is 0 Å². The van der Waals surface area contributed by atoms with Crippen LogP contribution in [0, 0.1) is 5.92 Å². The molecule has 0 bridgehead atoms. The van der Waals surface area contributed by atoms with Crippen LogP contribution in [0.25, 0.3) is 0 Å². The number of ether oxygens (including phenoxy) is 1. The van der Waals surface area contributed by atoms with Gasteiger partial charge in [-0.05, 0) is 33.1 Å². The summed E-state index contributed by atoms with van der Waals surface area (Å²) in [6, 6.07) is 0.0515. The quantitative estimate of drug-likeness (QED) is 0.693. The van der Waals surface area contributed by atoms with Crippen LogP contribution < -0.4 is 11.1 Å². The van der Waals surface area contributed by atoms with Crippen molar-refractivity contribution in [2.24, 2.45) is 11.7 Å². The van der Waals surface area contributed by atoms with Crippen LogP contribution in [0.5, 0.6) is 0 Å². The maximum atomic E-state index is 11.9. The number of nitrogens with two attached hydrogens (primary N) is 1. The third-order valence-electron chi connectivity index (χ3n) is 3.23. The molecule has 2 unspecified atom stereocenters. The number of nitrogens with one attached hydrogen (secondary N) is 1. The lowest BCUT2D eigenvalue weighted by Crippen LogP contribution is -2.44. The third-order valence-corrected chi connectivity index (χ3v) is 3.23. The van der Waals surface area contributed by atoms with Gasteiger partial charge in [-0.25, -0.2) is 0 Å². The first-order chi connectivity index (χ1) is 8.11. The Hall–Kier alpha value is -0.610. The number of hydrogen-bond acceptors (Lipinski definition) is 3. The molecule has 1 aliphatic carbocycles. The molecule has 1 fully saturated rings. The van der Waals surface area contributed by atoms with E-state index in [1.54, 1.807) is 0 Å². The largest absolute Gasteiger partial charge is 0.379 e. The van der Waals surface area contributed by atoms with Gasteiger partial charge >= 0.3 is 0 Å². The van der Waals surface area contributed by atoms with Crippen LogP contribution in [-0.2, 0) is 9.53 Å². The molecule has 100 valence electrons. The van der Waals surface area contributed by atoms with Crippen molar-refractivity contribution in [1.29, 1.82) is 0 Å². The molecule has 1 aliphatic rings. The summed E-state index contributed by atoms with van der Waals surface area (Å²) in [5.41, 5.74) is 5.96. The molecular formula is C13H26N2O2. The minimum absolute atomic E-state index is 0.0229. The number of rotatable bonds is 6. The Kier molecular flexibility index (Phi) is 6.52.